The summed E-state index contributed by atoms with van der Waals surface area (Å²) in [7, 11) is 0. The first-order valence-corrected chi connectivity index (χ1v) is 11.3. The normalized spacial score (nSPS) is 19.5. The number of ether oxygens (including phenoxy) is 1. The number of carboxylic acid groups (broad SMARTS) is 1. The molecule has 1 aliphatic heterocycles. The van der Waals surface area contributed by atoms with Crippen molar-refractivity contribution in [2.45, 2.75) is 37.8 Å². The number of carboxylic acids is 1. The fourth-order valence-electron chi connectivity index (χ4n) is 4.61. The molecule has 3 atom stereocenters. The first-order chi connectivity index (χ1) is 16.4. The smallest absolute Gasteiger partial charge is 0.407 e. The van der Waals surface area contributed by atoms with Gasteiger partial charge in [0.25, 0.3) is 0 Å². The third-order valence-electron chi connectivity index (χ3n) is 6.33. The van der Waals surface area contributed by atoms with Crippen LogP contribution in [0, 0.1) is 5.92 Å². The summed E-state index contributed by atoms with van der Waals surface area (Å²) in [4.78, 5) is 48.7. The van der Waals surface area contributed by atoms with Gasteiger partial charge in [-0.3, -0.25) is 14.4 Å². The van der Waals surface area contributed by atoms with Crippen LogP contribution in [0.3, 0.4) is 0 Å². The number of hydrogen-bond donors (Lipinski definition) is 4. The second-order valence-corrected chi connectivity index (χ2v) is 8.49. The van der Waals surface area contributed by atoms with Crippen molar-refractivity contribution in [3.05, 3.63) is 59.7 Å². The molecule has 4 rings (SSSR count). The standard InChI is InChI=1S/C25H27N3O6/c1-2-7-20(22(29)28-21-18(24(31)32)12-26-23(21)30)27-25(33)34-13-19-16-10-5-3-8-14(16)15-9-4-6-11-17(15)19/h3-6,8-11,18-21H,2,7,12-13H2,1H3,(H,26,30)(H,27,33)(H,28,29)(H,31,32). The van der Waals surface area contributed by atoms with Crippen molar-refractivity contribution >= 4 is 23.9 Å². The number of carbonyl (C=O) groups excluding carboxylic acids is 3. The minimum atomic E-state index is -1.19. The molecule has 0 bridgehead atoms. The first kappa shape index (κ1) is 23.3. The molecule has 1 saturated heterocycles. The number of alkyl carbamates (subject to hydrolysis) is 1. The van der Waals surface area contributed by atoms with E-state index in [2.05, 4.69) is 16.0 Å². The monoisotopic (exact) mass is 465 g/mol. The molecule has 0 radical (unpaired) electrons. The van der Waals surface area contributed by atoms with E-state index in [0.29, 0.717) is 12.8 Å². The Morgan fingerprint density at radius 1 is 1.09 bits per heavy atom. The molecule has 1 aliphatic carbocycles. The number of rotatable bonds is 8. The number of aliphatic carboxylic acids is 1. The molecule has 178 valence electrons. The van der Waals surface area contributed by atoms with Gasteiger partial charge in [-0.15, -0.1) is 0 Å². The maximum absolute atomic E-state index is 12.8. The topological polar surface area (TPSA) is 134 Å². The zero-order valence-corrected chi connectivity index (χ0v) is 18.7. The number of nitrogens with one attached hydrogen (secondary N) is 3. The molecule has 1 heterocycles. The van der Waals surface area contributed by atoms with Crippen molar-refractivity contribution in [1.29, 1.82) is 0 Å². The summed E-state index contributed by atoms with van der Waals surface area (Å²) >= 11 is 0. The van der Waals surface area contributed by atoms with Gasteiger partial charge < -0.3 is 25.8 Å². The highest BCUT2D eigenvalue weighted by atomic mass is 16.5. The highest BCUT2D eigenvalue weighted by molar-refractivity contribution is 5.96. The van der Waals surface area contributed by atoms with Crippen molar-refractivity contribution in [2.75, 3.05) is 13.2 Å². The van der Waals surface area contributed by atoms with Crippen LogP contribution in [0.1, 0.15) is 36.8 Å². The Balaban J connectivity index is 1.39. The lowest BCUT2D eigenvalue weighted by atomic mass is 9.98. The molecule has 3 amide bonds. The Kier molecular flexibility index (Phi) is 6.81. The zero-order valence-electron chi connectivity index (χ0n) is 18.7. The maximum Gasteiger partial charge on any atom is 0.407 e. The predicted octanol–water partition coefficient (Wildman–Crippen LogP) is 2.01. The van der Waals surface area contributed by atoms with Gasteiger partial charge in [0.2, 0.25) is 11.8 Å². The van der Waals surface area contributed by atoms with Crippen LogP contribution in [-0.2, 0) is 19.1 Å². The SMILES string of the molecule is CCCC(NC(=O)OCC1c2ccccc2-c2ccccc21)C(=O)NC1C(=O)NCC1C(=O)O. The summed E-state index contributed by atoms with van der Waals surface area (Å²) in [5.74, 6) is -3.54. The van der Waals surface area contributed by atoms with Crippen LogP contribution in [0.4, 0.5) is 4.79 Å². The van der Waals surface area contributed by atoms with Crippen LogP contribution in [-0.4, -0.2) is 54.2 Å². The Hall–Kier alpha value is -3.88. The van der Waals surface area contributed by atoms with Crippen LogP contribution in [0.25, 0.3) is 11.1 Å². The molecule has 0 saturated carbocycles. The molecule has 1 fully saturated rings. The average molecular weight is 466 g/mol. The van der Waals surface area contributed by atoms with Crippen LogP contribution < -0.4 is 16.0 Å². The van der Waals surface area contributed by atoms with Gasteiger partial charge in [-0.2, -0.15) is 0 Å². The third-order valence-corrected chi connectivity index (χ3v) is 6.33. The molecule has 0 aromatic heterocycles. The quantitative estimate of drug-likeness (QED) is 0.471. The van der Waals surface area contributed by atoms with Crippen LogP contribution in [0.5, 0.6) is 0 Å². The summed E-state index contributed by atoms with van der Waals surface area (Å²) < 4.78 is 5.51. The summed E-state index contributed by atoms with van der Waals surface area (Å²) in [6.45, 7) is 1.89. The molecule has 2 aliphatic rings. The third kappa shape index (κ3) is 4.59. The molecule has 2 aromatic rings. The summed E-state index contributed by atoms with van der Waals surface area (Å²) in [5, 5.41) is 16.8. The van der Waals surface area contributed by atoms with Gasteiger partial charge in [-0.05, 0) is 28.7 Å². The fourth-order valence-corrected chi connectivity index (χ4v) is 4.61. The maximum atomic E-state index is 12.8. The molecule has 9 heteroatoms. The van der Waals surface area contributed by atoms with Crippen LogP contribution in [0.15, 0.2) is 48.5 Å². The van der Waals surface area contributed by atoms with Gasteiger partial charge in [-0.25, -0.2) is 4.79 Å². The molecule has 2 aromatic carbocycles. The highest BCUT2D eigenvalue weighted by Gasteiger charge is 2.41. The van der Waals surface area contributed by atoms with Gasteiger partial charge >= 0.3 is 12.1 Å². The minimum Gasteiger partial charge on any atom is -0.481 e. The van der Waals surface area contributed by atoms with Crippen LogP contribution >= 0.6 is 0 Å². The van der Waals surface area contributed by atoms with E-state index in [9.17, 15) is 24.3 Å². The van der Waals surface area contributed by atoms with Crippen molar-refractivity contribution < 1.29 is 29.0 Å². The van der Waals surface area contributed by atoms with E-state index in [-0.39, 0.29) is 19.1 Å². The van der Waals surface area contributed by atoms with Gasteiger partial charge in [0, 0.05) is 12.5 Å². The van der Waals surface area contributed by atoms with E-state index in [1.54, 1.807) is 0 Å². The van der Waals surface area contributed by atoms with Crippen molar-refractivity contribution in [2.24, 2.45) is 5.92 Å². The Labute approximate surface area is 196 Å². The zero-order chi connectivity index (χ0) is 24.2. The van der Waals surface area contributed by atoms with E-state index >= 15 is 0 Å². The van der Waals surface area contributed by atoms with Crippen molar-refractivity contribution in [3.63, 3.8) is 0 Å². The molecular weight excluding hydrogens is 438 g/mol. The first-order valence-electron chi connectivity index (χ1n) is 11.3. The number of fused-ring (bicyclic) bond motifs is 3. The van der Waals surface area contributed by atoms with Crippen LogP contribution in [0.2, 0.25) is 0 Å². The number of amides is 3. The Morgan fingerprint density at radius 3 is 2.29 bits per heavy atom. The van der Waals surface area contributed by atoms with E-state index in [1.807, 2.05) is 55.5 Å². The molecule has 3 unspecified atom stereocenters. The molecule has 0 spiro atoms. The predicted molar refractivity (Wildman–Crippen MR) is 123 cm³/mol. The molecule has 9 nitrogen and oxygen atoms in total. The van der Waals surface area contributed by atoms with E-state index < -0.39 is 41.9 Å². The molecule has 4 N–H and O–H groups in total. The van der Waals surface area contributed by atoms with Gasteiger partial charge in [0.05, 0.1) is 0 Å². The van der Waals surface area contributed by atoms with Gasteiger partial charge in [0.1, 0.15) is 24.6 Å². The highest BCUT2D eigenvalue weighted by Crippen LogP contribution is 2.44. The lowest BCUT2D eigenvalue weighted by molar-refractivity contribution is -0.143. The number of hydrogen-bond acceptors (Lipinski definition) is 5. The summed E-state index contributed by atoms with van der Waals surface area (Å²) in [6.07, 6.45) is 0.143. The summed E-state index contributed by atoms with van der Waals surface area (Å²) in [5.41, 5.74) is 4.37. The average Bonchev–Trinajstić information content (AvgIpc) is 3.35. The molecular formula is C25H27N3O6. The van der Waals surface area contributed by atoms with E-state index in [4.69, 9.17) is 4.74 Å². The lowest BCUT2D eigenvalue weighted by Gasteiger charge is -2.22. The van der Waals surface area contributed by atoms with Crippen molar-refractivity contribution in [1.82, 2.24) is 16.0 Å². The summed E-state index contributed by atoms with van der Waals surface area (Å²) in [6, 6.07) is 13.8. The second-order valence-electron chi connectivity index (χ2n) is 8.49. The minimum absolute atomic E-state index is 0.0582. The lowest BCUT2D eigenvalue weighted by Crippen LogP contribution is -2.53. The largest absolute Gasteiger partial charge is 0.481 e. The van der Waals surface area contributed by atoms with Crippen molar-refractivity contribution in [3.8, 4) is 11.1 Å². The molecule has 34 heavy (non-hydrogen) atoms. The number of carbonyl (C=O) groups is 4. The van der Waals surface area contributed by atoms with Gasteiger partial charge in [-0.1, -0.05) is 61.9 Å². The Morgan fingerprint density at radius 2 is 1.71 bits per heavy atom. The van der Waals surface area contributed by atoms with Gasteiger partial charge in [0.15, 0.2) is 0 Å². The van der Waals surface area contributed by atoms with E-state index in [0.717, 1.165) is 22.3 Å². The van der Waals surface area contributed by atoms with E-state index in [1.165, 1.54) is 0 Å². The fraction of sp³-hybridized carbons (Fsp3) is 0.360. The number of benzene rings is 2. The second kappa shape index (κ2) is 9.94. The Bertz CT molecular complexity index is 1070.